The zero-order chi connectivity index (χ0) is 29.6. The molecule has 2 unspecified atom stereocenters. The van der Waals surface area contributed by atoms with Crippen LogP contribution in [-0.2, 0) is 16.9 Å². The molecule has 4 aliphatic carbocycles. The van der Waals surface area contributed by atoms with Gasteiger partial charge in [0.05, 0.1) is 48.0 Å². The Kier molecular flexibility index (Phi) is 7.41. The first kappa shape index (κ1) is 28.5. The molecule has 0 saturated heterocycles. The summed E-state index contributed by atoms with van der Waals surface area (Å²) in [6.07, 6.45) is 9.66. The second-order valence-electron chi connectivity index (χ2n) is 12.4. The number of carbonyl (C=O) groups excluding carboxylic acids is 1. The molecule has 4 aliphatic rings. The zero-order valence-corrected chi connectivity index (χ0v) is 25.0. The predicted octanol–water partition coefficient (Wildman–Crippen LogP) is 6.12. The number of aromatic nitrogens is 4. The van der Waals surface area contributed by atoms with E-state index in [4.69, 9.17) is 21.1 Å². The van der Waals surface area contributed by atoms with Crippen LogP contribution in [0.2, 0.25) is 5.02 Å². The summed E-state index contributed by atoms with van der Waals surface area (Å²) >= 11 is 6.34. The summed E-state index contributed by atoms with van der Waals surface area (Å²) in [5.74, 6) is 2.04. The van der Waals surface area contributed by atoms with E-state index in [0.29, 0.717) is 60.9 Å². The van der Waals surface area contributed by atoms with Crippen LogP contribution in [0.5, 0.6) is 11.5 Å². The molecule has 2 aromatic heterocycles. The topological polar surface area (TPSA) is 126 Å². The lowest BCUT2D eigenvalue weighted by molar-refractivity contribution is -0.389. The van der Waals surface area contributed by atoms with Gasteiger partial charge in [-0.25, -0.2) is 0 Å². The SMILES string of the molecule is CCOc1ccc(Cn2cc(NC(=O)CC34CC5CC(C3)CC(n3nc([N+](=O)[O-])c(Cl)c3C)(C5)C4)cn2)cc1OCC. The molecular weight excluding hydrogens is 560 g/mol. The Hall–Kier alpha value is -3.60. The fourth-order valence-electron chi connectivity index (χ4n) is 8.34. The van der Waals surface area contributed by atoms with Crippen LogP contribution in [0.4, 0.5) is 11.5 Å². The lowest BCUT2D eigenvalue weighted by atomic mass is 9.46. The van der Waals surface area contributed by atoms with Gasteiger partial charge in [0.1, 0.15) is 0 Å². The van der Waals surface area contributed by atoms with Crippen LogP contribution in [0.1, 0.15) is 70.1 Å². The molecule has 3 aromatic rings. The van der Waals surface area contributed by atoms with E-state index < -0.39 is 4.92 Å². The minimum atomic E-state index is -0.510. The minimum Gasteiger partial charge on any atom is -0.490 e. The van der Waals surface area contributed by atoms with Gasteiger partial charge in [0.15, 0.2) is 16.5 Å². The molecule has 42 heavy (non-hydrogen) atoms. The molecule has 4 bridgehead atoms. The first-order valence-corrected chi connectivity index (χ1v) is 15.1. The number of nitrogens with zero attached hydrogens (tertiary/aromatic N) is 5. The minimum absolute atomic E-state index is 0.0347. The van der Waals surface area contributed by atoms with E-state index in [-0.39, 0.29) is 27.7 Å². The largest absolute Gasteiger partial charge is 0.490 e. The number of nitro groups is 1. The molecule has 4 saturated carbocycles. The van der Waals surface area contributed by atoms with Crippen molar-refractivity contribution in [2.24, 2.45) is 17.3 Å². The maximum atomic E-state index is 13.4. The molecule has 0 spiro atoms. The molecule has 1 amide bonds. The highest BCUT2D eigenvalue weighted by Gasteiger charge is 2.60. The normalized spacial score (nSPS) is 25.9. The Bertz CT molecular complexity index is 1500. The van der Waals surface area contributed by atoms with E-state index in [1.54, 1.807) is 10.9 Å². The summed E-state index contributed by atoms with van der Waals surface area (Å²) < 4.78 is 15.0. The molecule has 4 fully saturated rings. The van der Waals surface area contributed by atoms with Crippen LogP contribution in [0.25, 0.3) is 0 Å². The molecule has 7 rings (SSSR count). The number of anilines is 1. The van der Waals surface area contributed by atoms with E-state index in [9.17, 15) is 14.9 Å². The van der Waals surface area contributed by atoms with Crippen molar-refractivity contribution in [2.75, 3.05) is 18.5 Å². The van der Waals surface area contributed by atoms with Crippen molar-refractivity contribution in [3.8, 4) is 11.5 Å². The molecule has 12 heteroatoms. The molecule has 0 radical (unpaired) electrons. The smallest absolute Gasteiger partial charge is 0.408 e. The monoisotopic (exact) mass is 596 g/mol. The van der Waals surface area contributed by atoms with E-state index in [1.807, 2.05) is 49.8 Å². The first-order valence-electron chi connectivity index (χ1n) is 14.7. The lowest BCUT2D eigenvalue weighted by Gasteiger charge is -2.61. The van der Waals surface area contributed by atoms with Gasteiger partial charge in [-0.1, -0.05) is 17.7 Å². The van der Waals surface area contributed by atoms with Gasteiger partial charge in [0.2, 0.25) is 5.91 Å². The number of halogens is 1. The highest BCUT2D eigenvalue weighted by atomic mass is 35.5. The number of benzene rings is 1. The Morgan fingerprint density at radius 2 is 1.88 bits per heavy atom. The molecule has 2 atom stereocenters. The Morgan fingerprint density at radius 3 is 2.55 bits per heavy atom. The van der Waals surface area contributed by atoms with Gasteiger partial charge >= 0.3 is 5.82 Å². The van der Waals surface area contributed by atoms with Gasteiger partial charge in [-0.2, -0.15) is 9.78 Å². The standard InChI is InChI=1S/C30H37ClN6O5/c1-4-41-24-7-6-20(9-25(24)42-5-2)16-35-17-23(15-32-35)33-26(38)14-29-10-21-8-22(11-29)13-30(12-21,18-29)36-19(3)27(31)28(34-36)37(39)40/h6-7,9,15,17,21-22H,4-5,8,10-14,16,18H2,1-3H3,(H,33,38). The van der Waals surface area contributed by atoms with Gasteiger partial charge < -0.3 is 24.9 Å². The zero-order valence-electron chi connectivity index (χ0n) is 24.3. The molecule has 0 aliphatic heterocycles. The number of hydrogen-bond acceptors (Lipinski definition) is 7. The van der Waals surface area contributed by atoms with Gasteiger partial charge in [-0.05, 0) is 99.2 Å². The van der Waals surface area contributed by atoms with Crippen LogP contribution in [0.3, 0.4) is 0 Å². The highest BCUT2D eigenvalue weighted by molar-refractivity contribution is 6.33. The number of carbonyl (C=O) groups is 1. The summed E-state index contributed by atoms with van der Waals surface area (Å²) in [5, 5.41) is 23.6. The summed E-state index contributed by atoms with van der Waals surface area (Å²) in [6.45, 7) is 7.31. The third-order valence-electron chi connectivity index (χ3n) is 9.20. The number of amides is 1. The van der Waals surface area contributed by atoms with Crippen LogP contribution in [-0.4, -0.2) is 43.6 Å². The van der Waals surface area contributed by atoms with Crippen molar-refractivity contribution >= 4 is 29.0 Å². The molecule has 1 aromatic carbocycles. The summed E-state index contributed by atoms with van der Waals surface area (Å²) in [7, 11) is 0. The third-order valence-corrected chi connectivity index (χ3v) is 9.65. The van der Waals surface area contributed by atoms with Crippen molar-refractivity contribution in [3.63, 3.8) is 0 Å². The molecule has 11 nitrogen and oxygen atoms in total. The fourth-order valence-corrected chi connectivity index (χ4v) is 8.53. The van der Waals surface area contributed by atoms with Gasteiger partial charge in [-0.15, -0.1) is 0 Å². The van der Waals surface area contributed by atoms with Crippen molar-refractivity contribution < 1.29 is 19.2 Å². The van der Waals surface area contributed by atoms with Gasteiger partial charge in [-0.3, -0.25) is 9.48 Å². The number of nitrogens with one attached hydrogen (secondary N) is 1. The summed E-state index contributed by atoms with van der Waals surface area (Å²) in [5.41, 5.74) is 1.80. The van der Waals surface area contributed by atoms with Crippen LogP contribution < -0.4 is 14.8 Å². The quantitative estimate of drug-likeness (QED) is 0.209. The maximum Gasteiger partial charge on any atom is 0.408 e. The van der Waals surface area contributed by atoms with E-state index in [1.165, 1.54) is 0 Å². The number of rotatable bonds is 11. The summed E-state index contributed by atoms with van der Waals surface area (Å²) in [4.78, 5) is 24.5. The number of ether oxygens (including phenoxy) is 2. The van der Waals surface area contributed by atoms with E-state index in [0.717, 1.165) is 44.1 Å². The average molecular weight is 597 g/mol. The lowest BCUT2D eigenvalue weighted by Crippen LogP contribution is -2.57. The molecule has 2 heterocycles. The van der Waals surface area contributed by atoms with Gasteiger partial charge in [0, 0.05) is 12.6 Å². The fraction of sp³-hybridized carbons (Fsp3) is 0.567. The van der Waals surface area contributed by atoms with Crippen molar-refractivity contribution in [1.29, 1.82) is 0 Å². The second kappa shape index (κ2) is 10.9. The van der Waals surface area contributed by atoms with E-state index >= 15 is 0 Å². The number of hydrogen-bond donors (Lipinski definition) is 1. The van der Waals surface area contributed by atoms with Crippen LogP contribution in [0, 0.1) is 34.3 Å². The molecule has 224 valence electrons. The maximum absolute atomic E-state index is 13.4. The average Bonchev–Trinajstić information content (AvgIpc) is 3.48. The van der Waals surface area contributed by atoms with Crippen LogP contribution in [0.15, 0.2) is 30.6 Å². The molecule has 1 N–H and O–H groups in total. The van der Waals surface area contributed by atoms with Crippen LogP contribution >= 0.6 is 11.6 Å². The predicted molar refractivity (Wildman–Crippen MR) is 157 cm³/mol. The third kappa shape index (κ3) is 5.23. The Labute approximate surface area is 249 Å². The van der Waals surface area contributed by atoms with Crippen molar-refractivity contribution in [3.05, 3.63) is 57.0 Å². The van der Waals surface area contributed by atoms with E-state index in [2.05, 4.69) is 15.5 Å². The van der Waals surface area contributed by atoms with Gasteiger partial charge in [0.25, 0.3) is 0 Å². The highest BCUT2D eigenvalue weighted by Crippen LogP contribution is 2.65. The summed E-state index contributed by atoms with van der Waals surface area (Å²) in [6, 6.07) is 5.85. The van der Waals surface area contributed by atoms with Crippen molar-refractivity contribution in [2.45, 2.75) is 77.8 Å². The Morgan fingerprint density at radius 1 is 1.17 bits per heavy atom. The first-order chi connectivity index (χ1) is 20.1. The van der Waals surface area contributed by atoms with Crippen molar-refractivity contribution in [1.82, 2.24) is 19.6 Å². The Balaban J connectivity index is 1.15. The second-order valence-corrected chi connectivity index (χ2v) is 12.8. The molecular formula is C30H37ClN6O5.